The monoisotopic (exact) mass is 344 g/mol. The highest BCUT2D eigenvalue weighted by molar-refractivity contribution is 5.94. The lowest BCUT2D eigenvalue weighted by atomic mass is 9.86. The fraction of sp³-hybridized carbons (Fsp3) is 0.450. The molecular formula is C20H24O5. The van der Waals surface area contributed by atoms with Crippen LogP contribution in [0, 0.1) is 0 Å². The van der Waals surface area contributed by atoms with Crippen molar-refractivity contribution in [1.82, 2.24) is 0 Å². The van der Waals surface area contributed by atoms with E-state index in [2.05, 4.69) is 13.2 Å². The Bertz CT molecular complexity index is 653. The lowest BCUT2D eigenvalue weighted by molar-refractivity contribution is -0.235. The molecule has 2 aliphatic heterocycles. The molecule has 0 aromatic heterocycles. The predicted octanol–water partition coefficient (Wildman–Crippen LogP) is 3.15. The Balaban J connectivity index is 1.93. The van der Waals surface area contributed by atoms with Crippen LogP contribution in [-0.2, 0) is 30.3 Å². The van der Waals surface area contributed by atoms with Crippen LogP contribution in [0.25, 0.3) is 0 Å². The fourth-order valence-corrected chi connectivity index (χ4v) is 3.43. The number of carbonyl (C=O) groups excluding carboxylic acids is 1. The van der Waals surface area contributed by atoms with E-state index in [1.807, 2.05) is 44.2 Å². The van der Waals surface area contributed by atoms with Gasteiger partial charge in [0.1, 0.15) is 11.7 Å². The average Bonchev–Trinajstić information content (AvgIpc) is 3.05. The molecule has 0 bridgehead atoms. The molecule has 2 fully saturated rings. The summed E-state index contributed by atoms with van der Waals surface area (Å²) in [7, 11) is 0. The highest BCUT2D eigenvalue weighted by Gasteiger charge is 2.65. The van der Waals surface area contributed by atoms with Gasteiger partial charge in [0.2, 0.25) is 0 Å². The number of hydrogen-bond donors (Lipinski definition) is 0. The lowest BCUT2D eigenvalue weighted by Crippen LogP contribution is -2.53. The summed E-state index contributed by atoms with van der Waals surface area (Å²) in [5.41, 5.74) is -0.0150. The molecule has 0 spiro atoms. The summed E-state index contributed by atoms with van der Waals surface area (Å²) >= 11 is 0. The molecule has 0 unspecified atom stereocenters. The van der Waals surface area contributed by atoms with E-state index in [1.54, 1.807) is 6.08 Å². The number of benzene rings is 1. The molecule has 0 amide bonds. The van der Waals surface area contributed by atoms with Crippen LogP contribution in [0.5, 0.6) is 0 Å². The van der Waals surface area contributed by atoms with E-state index in [0.29, 0.717) is 13.0 Å². The van der Waals surface area contributed by atoms with Crippen LogP contribution in [0.1, 0.15) is 25.8 Å². The topological polar surface area (TPSA) is 54.0 Å². The Morgan fingerprint density at radius 3 is 2.60 bits per heavy atom. The number of ketones is 1. The van der Waals surface area contributed by atoms with Gasteiger partial charge in [0.15, 0.2) is 24.0 Å². The Morgan fingerprint density at radius 2 is 1.96 bits per heavy atom. The molecule has 2 heterocycles. The van der Waals surface area contributed by atoms with E-state index in [4.69, 9.17) is 18.9 Å². The van der Waals surface area contributed by atoms with Gasteiger partial charge in [-0.05, 0) is 31.9 Å². The normalized spacial score (nSPS) is 33.0. The zero-order chi connectivity index (χ0) is 18.1. The molecule has 2 aliphatic rings. The molecule has 25 heavy (non-hydrogen) atoms. The van der Waals surface area contributed by atoms with Crippen LogP contribution in [0.15, 0.2) is 55.6 Å². The van der Waals surface area contributed by atoms with Crippen molar-refractivity contribution >= 4 is 5.78 Å². The summed E-state index contributed by atoms with van der Waals surface area (Å²) in [4.78, 5) is 12.4. The van der Waals surface area contributed by atoms with E-state index in [9.17, 15) is 4.79 Å². The van der Waals surface area contributed by atoms with Crippen molar-refractivity contribution < 1.29 is 23.7 Å². The highest BCUT2D eigenvalue weighted by Crippen LogP contribution is 2.47. The molecule has 0 saturated carbocycles. The molecule has 3 rings (SSSR count). The minimum Gasteiger partial charge on any atom is -0.364 e. The molecule has 1 aromatic rings. The van der Waals surface area contributed by atoms with E-state index in [0.717, 1.165) is 5.56 Å². The first-order chi connectivity index (χ1) is 11.9. The molecule has 1 aromatic carbocycles. The maximum Gasteiger partial charge on any atom is 0.191 e. The fourth-order valence-electron chi connectivity index (χ4n) is 3.43. The molecule has 0 N–H and O–H groups in total. The molecule has 2 saturated heterocycles. The molecule has 5 nitrogen and oxygen atoms in total. The highest BCUT2D eigenvalue weighted by atomic mass is 16.8. The van der Waals surface area contributed by atoms with Crippen molar-refractivity contribution in [3.63, 3.8) is 0 Å². The zero-order valence-electron chi connectivity index (χ0n) is 14.6. The Morgan fingerprint density at radius 1 is 1.24 bits per heavy atom. The minimum absolute atomic E-state index is 0.255. The van der Waals surface area contributed by atoms with Gasteiger partial charge in [-0.3, -0.25) is 4.79 Å². The maximum absolute atomic E-state index is 12.4. The SMILES string of the molecule is C=CC[C@@]1(OCc2ccccc2)[C@@H](C(=O)C=C)O[C@@H]2OC(C)(C)O[C@@H]21. The largest absolute Gasteiger partial charge is 0.364 e. The van der Waals surface area contributed by atoms with Gasteiger partial charge in [-0.25, -0.2) is 0 Å². The van der Waals surface area contributed by atoms with Gasteiger partial charge in [-0.1, -0.05) is 43.0 Å². The molecule has 5 heteroatoms. The van der Waals surface area contributed by atoms with E-state index in [-0.39, 0.29) is 5.78 Å². The van der Waals surface area contributed by atoms with E-state index >= 15 is 0 Å². The first-order valence-corrected chi connectivity index (χ1v) is 8.38. The molecular weight excluding hydrogens is 320 g/mol. The van der Waals surface area contributed by atoms with Gasteiger partial charge >= 0.3 is 0 Å². The quantitative estimate of drug-likeness (QED) is 0.562. The average molecular weight is 344 g/mol. The van der Waals surface area contributed by atoms with Crippen molar-refractivity contribution in [3.8, 4) is 0 Å². The third-order valence-corrected chi connectivity index (χ3v) is 4.53. The van der Waals surface area contributed by atoms with Crippen LogP contribution >= 0.6 is 0 Å². The number of fused-ring (bicyclic) bond motifs is 1. The number of ether oxygens (including phenoxy) is 4. The Hall–Kier alpha value is -1.79. The first-order valence-electron chi connectivity index (χ1n) is 8.38. The predicted molar refractivity (Wildman–Crippen MR) is 92.7 cm³/mol. The van der Waals surface area contributed by atoms with Gasteiger partial charge < -0.3 is 18.9 Å². The second-order valence-electron chi connectivity index (χ2n) is 6.77. The standard InChI is InChI=1S/C20H24O5/c1-5-12-20(22-13-14-10-8-7-9-11-14)16(15(21)6-2)23-18-17(20)24-19(3,4)25-18/h5-11,16-18H,1-2,12-13H2,3-4H3/t16-,17+,18-,20-/m1/s1. The van der Waals surface area contributed by atoms with Crippen LogP contribution in [-0.4, -0.2) is 35.7 Å². The van der Waals surface area contributed by atoms with Crippen LogP contribution in [0.3, 0.4) is 0 Å². The summed E-state index contributed by atoms with van der Waals surface area (Å²) in [6, 6.07) is 9.76. The summed E-state index contributed by atoms with van der Waals surface area (Å²) in [6.45, 7) is 11.4. The van der Waals surface area contributed by atoms with Gasteiger partial charge in [0.25, 0.3) is 0 Å². The van der Waals surface area contributed by atoms with E-state index < -0.39 is 29.9 Å². The van der Waals surface area contributed by atoms with Crippen LogP contribution < -0.4 is 0 Å². The number of hydrogen-bond acceptors (Lipinski definition) is 5. The van der Waals surface area contributed by atoms with Crippen molar-refractivity contribution in [2.75, 3.05) is 0 Å². The van der Waals surface area contributed by atoms with Gasteiger partial charge in [0, 0.05) is 0 Å². The van der Waals surface area contributed by atoms with Crippen molar-refractivity contribution in [2.24, 2.45) is 0 Å². The summed E-state index contributed by atoms with van der Waals surface area (Å²) in [6.07, 6.45) is 1.32. The number of rotatable bonds is 7. The van der Waals surface area contributed by atoms with Crippen molar-refractivity contribution in [2.45, 2.75) is 56.8 Å². The maximum atomic E-state index is 12.4. The first kappa shape index (κ1) is 18.0. The lowest BCUT2D eigenvalue weighted by Gasteiger charge is -2.36. The summed E-state index contributed by atoms with van der Waals surface area (Å²) < 4.78 is 24.0. The summed E-state index contributed by atoms with van der Waals surface area (Å²) in [5, 5.41) is 0. The van der Waals surface area contributed by atoms with Crippen LogP contribution in [0.4, 0.5) is 0 Å². The van der Waals surface area contributed by atoms with Gasteiger partial charge in [-0.2, -0.15) is 0 Å². The Labute approximate surface area is 148 Å². The van der Waals surface area contributed by atoms with Crippen molar-refractivity contribution in [3.05, 3.63) is 61.2 Å². The van der Waals surface area contributed by atoms with Crippen LogP contribution in [0.2, 0.25) is 0 Å². The van der Waals surface area contributed by atoms with Crippen molar-refractivity contribution in [1.29, 1.82) is 0 Å². The third kappa shape index (κ3) is 3.33. The molecule has 4 atom stereocenters. The van der Waals surface area contributed by atoms with E-state index in [1.165, 1.54) is 6.08 Å². The second kappa shape index (κ2) is 6.84. The third-order valence-electron chi connectivity index (χ3n) is 4.53. The molecule has 0 radical (unpaired) electrons. The smallest absolute Gasteiger partial charge is 0.191 e. The molecule has 0 aliphatic carbocycles. The van der Waals surface area contributed by atoms with Gasteiger partial charge in [0.05, 0.1) is 6.61 Å². The summed E-state index contributed by atoms with van der Waals surface area (Å²) in [5.74, 6) is -1.06. The minimum atomic E-state index is -1.01. The second-order valence-corrected chi connectivity index (χ2v) is 6.77. The molecule has 134 valence electrons. The zero-order valence-corrected chi connectivity index (χ0v) is 14.6. The Kier molecular flexibility index (Phi) is 4.93. The van der Waals surface area contributed by atoms with Gasteiger partial charge in [-0.15, -0.1) is 6.58 Å². The number of carbonyl (C=O) groups is 1.